The molecule has 0 aliphatic heterocycles. The fourth-order valence-electron chi connectivity index (χ4n) is 1.96. The van der Waals surface area contributed by atoms with Crippen LogP contribution < -0.4 is 15.4 Å². The molecule has 0 radical (unpaired) electrons. The van der Waals surface area contributed by atoms with Crippen LogP contribution in [0.1, 0.15) is 11.1 Å². The van der Waals surface area contributed by atoms with Crippen molar-refractivity contribution >= 4 is 22.0 Å². The molecule has 0 bridgehead atoms. The molecule has 0 unspecified atom stereocenters. The lowest BCUT2D eigenvalue weighted by atomic mass is 10.1. The van der Waals surface area contributed by atoms with Crippen molar-refractivity contribution in [1.29, 1.82) is 0 Å². The number of urea groups is 1. The van der Waals surface area contributed by atoms with Crippen LogP contribution in [0.15, 0.2) is 53.0 Å². The number of amides is 2. The Labute approximate surface area is 139 Å². The number of benzene rings is 2. The van der Waals surface area contributed by atoms with Crippen molar-refractivity contribution in [2.45, 2.75) is 13.5 Å². The van der Waals surface area contributed by atoms with Gasteiger partial charge in [-0.25, -0.2) is 4.79 Å². The third kappa shape index (κ3) is 5.77. The van der Waals surface area contributed by atoms with Gasteiger partial charge in [0.1, 0.15) is 12.4 Å². The fourth-order valence-corrected chi connectivity index (χ4v) is 2.34. The van der Waals surface area contributed by atoms with Crippen LogP contribution in [0.3, 0.4) is 0 Å². The molecule has 5 heteroatoms. The first-order valence-electron chi connectivity index (χ1n) is 7.09. The van der Waals surface area contributed by atoms with Crippen molar-refractivity contribution in [2.75, 3.05) is 13.2 Å². The van der Waals surface area contributed by atoms with E-state index in [-0.39, 0.29) is 6.03 Å². The molecule has 0 saturated carbocycles. The topological polar surface area (TPSA) is 50.4 Å². The molecule has 0 fully saturated rings. The largest absolute Gasteiger partial charge is 0.492 e. The fraction of sp³-hybridized carbons (Fsp3) is 0.235. The van der Waals surface area contributed by atoms with E-state index in [0.717, 1.165) is 15.8 Å². The molecular formula is C17H19BrN2O2. The van der Waals surface area contributed by atoms with E-state index in [4.69, 9.17) is 4.74 Å². The Hall–Kier alpha value is -2.01. The predicted molar refractivity (Wildman–Crippen MR) is 91.1 cm³/mol. The molecule has 0 saturated heterocycles. The van der Waals surface area contributed by atoms with Crippen LogP contribution in [0.2, 0.25) is 0 Å². The zero-order valence-corrected chi connectivity index (χ0v) is 14.0. The average molecular weight is 363 g/mol. The maximum absolute atomic E-state index is 11.7. The second-order valence-corrected chi connectivity index (χ2v) is 5.82. The molecule has 0 aliphatic carbocycles. The van der Waals surface area contributed by atoms with Gasteiger partial charge in [0, 0.05) is 11.0 Å². The Balaban J connectivity index is 1.63. The summed E-state index contributed by atoms with van der Waals surface area (Å²) in [6.07, 6.45) is 0. The molecular weight excluding hydrogens is 344 g/mol. The van der Waals surface area contributed by atoms with E-state index in [2.05, 4.69) is 32.6 Å². The number of hydrogen-bond donors (Lipinski definition) is 2. The van der Waals surface area contributed by atoms with Gasteiger partial charge in [0.05, 0.1) is 6.54 Å². The summed E-state index contributed by atoms with van der Waals surface area (Å²) < 4.78 is 6.51. The summed E-state index contributed by atoms with van der Waals surface area (Å²) in [6.45, 7) is 3.42. The van der Waals surface area contributed by atoms with Gasteiger partial charge in [-0.3, -0.25) is 0 Å². The van der Waals surface area contributed by atoms with E-state index in [9.17, 15) is 4.79 Å². The smallest absolute Gasteiger partial charge is 0.315 e. The zero-order valence-electron chi connectivity index (χ0n) is 12.4. The Bertz CT molecular complexity index is 632. The third-order valence-corrected chi connectivity index (χ3v) is 3.48. The van der Waals surface area contributed by atoms with Crippen LogP contribution in [-0.2, 0) is 6.54 Å². The van der Waals surface area contributed by atoms with Crippen molar-refractivity contribution in [3.05, 3.63) is 64.1 Å². The molecule has 2 aromatic rings. The number of nitrogens with one attached hydrogen (secondary N) is 2. The minimum absolute atomic E-state index is 0.195. The standard InChI is InChI=1S/C17H19BrN2O2/c1-13-4-2-5-14(10-13)12-20-17(21)19-8-9-22-16-7-3-6-15(18)11-16/h2-7,10-11H,8-9,12H2,1H3,(H2,19,20,21). The van der Waals surface area contributed by atoms with Crippen LogP contribution in [0.25, 0.3) is 0 Å². The molecule has 0 atom stereocenters. The monoisotopic (exact) mass is 362 g/mol. The molecule has 0 spiro atoms. The van der Waals surface area contributed by atoms with E-state index in [1.165, 1.54) is 5.56 Å². The molecule has 0 heterocycles. The van der Waals surface area contributed by atoms with Crippen molar-refractivity contribution in [1.82, 2.24) is 10.6 Å². The minimum Gasteiger partial charge on any atom is -0.492 e. The average Bonchev–Trinajstić information content (AvgIpc) is 2.50. The molecule has 4 nitrogen and oxygen atoms in total. The quantitative estimate of drug-likeness (QED) is 0.770. The van der Waals surface area contributed by atoms with Gasteiger partial charge in [-0.2, -0.15) is 0 Å². The molecule has 2 amide bonds. The van der Waals surface area contributed by atoms with Gasteiger partial charge in [-0.1, -0.05) is 51.8 Å². The lowest BCUT2D eigenvalue weighted by Crippen LogP contribution is -2.37. The SMILES string of the molecule is Cc1cccc(CNC(=O)NCCOc2cccc(Br)c2)c1. The number of aryl methyl sites for hydroxylation is 1. The molecule has 116 valence electrons. The Morgan fingerprint density at radius 2 is 1.95 bits per heavy atom. The van der Waals surface area contributed by atoms with Crippen LogP contribution in [-0.4, -0.2) is 19.2 Å². The summed E-state index contributed by atoms with van der Waals surface area (Å²) >= 11 is 3.38. The van der Waals surface area contributed by atoms with Gasteiger partial charge in [0.25, 0.3) is 0 Å². The lowest BCUT2D eigenvalue weighted by Gasteiger charge is -2.09. The summed E-state index contributed by atoms with van der Waals surface area (Å²) in [5, 5.41) is 5.59. The van der Waals surface area contributed by atoms with Gasteiger partial charge >= 0.3 is 6.03 Å². The van der Waals surface area contributed by atoms with Gasteiger partial charge < -0.3 is 15.4 Å². The first-order valence-corrected chi connectivity index (χ1v) is 7.88. The van der Waals surface area contributed by atoms with Gasteiger partial charge in [0.15, 0.2) is 0 Å². The number of carbonyl (C=O) groups excluding carboxylic acids is 1. The van der Waals surface area contributed by atoms with Crippen LogP contribution in [0.5, 0.6) is 5.75 Å². The normalized spacial score (nSPS) is 10.1. The Morgan fingerprint density at radius 1 is 1.14 bits per heavy atom. The van der Waals surface area contributed by atoms with E-state index >= 15 is 0 Å². The summed E-state index contributed by atoms with van der Waals surface area (Å²) in [7, 11) is 0. The van der Waals surface area contributed by atoms with Crippen LogP contribution in [0, 0.1) is 6.92 Å². The van der Waals surface area contributed by atoms with E-state index < -0.39 is 0 Å². The second-order valence-electron chi connectivity index (χ2n) is 4.90. The summed E-state index contributed by atoms with van der Waals surface area (Å²) in [5.41, 5.74) is 2.27. The van der Waals surface area contributed by atoms with Crippen molar-refractivity contribution in [2.24, 2.45) is 0 Å². The summed E-state index contributed by atoms with van der Waals surface area (Å²) in [5.74, 6) is 0.774. The summed E-state index contributed by atoms with van der Waals surface area (Å²) in [6, 6.07) is 15.5. The van der Waals surface area contributed by atoms with E-state index in [1.807, 2.05) is 49.4 Å². The maximum atomic E-state index is 11.7. The summed E-state index contributed by atoms with van der Waals surface area (Å²) in [4.78, 5) is 11.7. The number of hydrogen-bond acceptors (Lipinski definition) is 2. The molecule has 0 aliphatic rings. The van der Waals surface area contributed by atoms with E-state index in [0.29, 0.717) is 19.7 Å². The van der Waals surface area contributed by atoms with Gasteiger partial charge in [-0.05, 0) is 30.7 Å². The van der Waals surface area contributed by atoms with E-state index in [1.54, 1.807) is 0 Å². The lowest BCUT2D eigenvalue weighted by molar-refractivity contribution is 0.236. The molecule has 2 N–H and O–H groups in total. The first-order chi connectivity index (χ1) is 10.6. The second kappa shape index (κ2) is 8.44. The molecule has 22 heavy (non-hydrogen) atoms. The highest BCUT2D eigenvalue weighted by atomic mass is 79.9. The number of ether oxygens (including phenoxy) is 1. The highest BCUT2D eigenvalue weighted by Gasteiger charge is 2.01. The Morgan fingerprint density at radius 3 is 2.73 bits per heavy atom. The van der Waals surface area contributed by atoms with Crippen molar-refractivity contribution in [3.8, 4) is 5.75 Å². The highest BCUT2D eigenvalue weighted by molar-refractivity contribution is 9.10. The maximum Gasteiger partial charge on any atom is 0.315 e. The number of rotatable bonds is 6. The number of halogens is 1. The third-order valence-electron chi connectivity index (χ3n) is 2.99. The van der Waals surface area contributed by atoms with Crippen molar-refractivity contribution < 1.29 is 9.53 Å². The minimum atomic E-state index is -0.195. The van der Waals surface area contributed by atoms with Crippen LogP contribution >= 0.6 is 15.9 Å². The first kappa shape index (κ1) is 16.4. The number of carbonyl (C=O) groups is 1. The molecule has 0 aromatic heterocycles. The molecule has 2 aromatic carbocycles. The zero-order chi connectivity index (χ0) is 15.8. The molecule has 2 rings (SSSR count). The highest BCUT2D eigenvalue weighted by Crippen LogP contribution is 2.17. The Kier molecular flexibility index (Phi) is 6.27. The van der Waals surface area contributed by atoms with Crippen molar-refractivity contribution in [3.63, 3.8) is 0 Å². The van der Waals surface area contributed by atoms with Crippen LogP contribution in [0.4, 0.5) is 4.79 Å². The van der Waals surface area contributed by atoms with Gasteiger partial charge in [-0.15, -0.1) is 0 Å². The predicted octanol–water partition coefficient (Wildman–Crippen LogP) is 3.64. The van der Waals surface area contributed by atoms with Gasteiger partial charge in [0.2, 0.25) is 0 Å².